The molecular formula is C12H15ClO. The number of halogens is 1. The van der Waals surface area contributed by atoms with Crippen LogP contribution in [0.5, 0.6) is 0 Å². The lowest BCUT2D eigenvalue weighted by Gasteiger charge is -2.25. The van der Waals surface area contributed by atoms with Gasteiger partial charge in [0.2, 0.25) is 0 Å². The van der Waals surface area contributed by atoms with Crippen LogP contribution in [0.4, 0.5) is 0 Å². The lowest BCUT2D eigenvalue weighted by atomic mass is 9.81. The average Bonchev–Trinajstić information content (AvgIpc) is 2.48. The second-order valence-corrected chi connectivity index (χ2v) is 4.84. The summed E-state index contributed by atoms with van der Waals surface area (Å²) in [5.74, 6) is 0. The van der Waals surface area contributed by atoms with E-state index in [-0.39, 0.29) is 11.5 Å². The molecule has 14 heavy (non-hydrogen) atoms. The molecule has 1 aromatic carbocycles. The van der Waals surface area contributed by atoms with E-state index in [1.54, 1.807) is 0 Å². The fraction of sp³-hybridized carbons (Fsp3) is 0.500. The Bertz CT molecular complexity index is 337. The molecule has 0 saturated heterocycles. The van der Waals surface area contributed by atoms with Crippen LogP contribution < -0.4 is 0 Å². The first-order chi connectivity index (χ1) is 6.62. The minimum atomic E-state index is -0.156. The van der Waals surface area contributed by atoms with Crippen LogP contribution in [0.2, 0.25) is 5.02 Å². The predicted octanol–water partition coefficient (Wildman–Crippen LogP) is 3.14. The molecular weight excluding hydrogens is 196 g/mol. The fourth-order valence-corrected chi connectivity index (χ4v) is 2.77. The van der Waals surface area contributed by atoms with Crippen molar-refractivity contribution in [3.05, 3.63) is 34.9 Å². The molecule has 1 aromatic rings. The quantitative estimate of drug-likeness (QED) is 0.755. The first kappa shape index (κ1) is 10.0. The number of rotatable bonds is 1. The van der Waals surface area contributed by atoms with Crippen molar-refractivity contribution in [2.75, 3.05) is 0 Å². The summed E-state index contributed by atoms with van der Waals surface area (Å²) in [5.41, 5.74) is 1.25. The molecule has 0 heterocycles. The van der Waals surface area contributed by atoms with E-state index in [9.17, 15) is 5.11 Å². The molecule has 1 aliphatic rings. The van der Waals surface area contributed by atoms with Gasteiger partial charge in [-0.05, 0) is 36.3 Å². The second-order valence-electron chi connectivity index (χ2n) is 4.44. The minimum absolute atomic E-state index is 0.0672. The van der Waals surface area contributed by atoms with Gasteiger partial charge < -0.3 is 5.11 Å². The predicted molar refractivity (Wildman–Crippen MR) is 58.7 cm³/mol. The van der Waals surface area contributed by atoms with Gasteiger partial charge >= 0.3 is 0 Å². The average molecular weight is 211 g/mol. The van der Waals surface area contributed by atoms with Crippen molar-refractivity contribution >= 4 is 11.6 Å². The monoisotopic (exact) mass is 210 g/mol. The summed E-state index contributed by atoms with van der Waals surface area (Å²) in [7, 11) is 0. The zero-order valence-corrected chi connectivity index (χ0v) is 9.09. The molecule has 0 aromatic heterocycles. The van der Waals surface area contributed by atoms with Crippen molar-refractivity contribution in [2.24, 2.45) is 0 Å². The molecule has 1 aliphatic carbocycles. The molecule has 1 nitrogen and oxygen atoms in total. The highest BCUT2D eigenvalue weighted by Gasteiger charge is 2.36. The summed E-state index contributed by atoms with van der Waals surface area (Å²) in [4.78, 5) is 0. The van der Waals surface area contributed by atoms with E-state index in [2.05, 4.69) is 13.0 Å². The first-order valence-electron chi connectivity index (χ1n) is 5.05. The Morgan fingerprint density at radius 2 is 2.14 bits per heavy atom. The zero-order chi connectivity index (χ0) is 10.2. The molecule has 2 atom stereocenters. The molecule has 2 heteroatoms. The molecule has 0 amide bonds. The van der Waals surface area contributed by atoms with E-state index >= 15 is 0 Å². The highest BCUT2D eigenvalue weighted by molar-refractivity contribution is 6.31. The van der Waals surface area contributed by atoms with Crippen LogP contribution >= 0.6 is 11.6 Å². The van der Waals surface area contributed by atoms with E-state index < -0.39 is 0 Å². The van der Waals surface area contributed by atoms with Crippen LogP contribution in [0.15, 0.2) is 24.3 Å². The summed E-state index contributed by atoms with van der Waals surface area (Å²) in [6, 6.07) is 7.95. The maximum Gasteiger partial charge on any atom is 0.0549 e. The van der Waals surface area contributed by atoms with Gasteiger partial charge in [0.05, 0.1) is 6.10 Å². The van der Waals surface area contributed by atoms with Gasteiger partial charge in [-0.2, -0.15) is 0 Å². The largest absolute Gasteiger partial charge is 0.393 e. The molecule has 0 aliphatic heterocycles. The van der Waals surface area contributed by atoms with Gasteiger partial charge in [-0.1, -0.05) is 36.7 Å². The molecule has 2 unspecified atom stereocenters. The minimum Gasteiger partial charge on any atom is -0.393 e. The summed E-state index contributed by atoms with van der Waals surface area (Å²) in [6.07, 6.45) is 2.59. The summed E-state index contributed by atoms with van der Waals surface area (Å²) in [6.45, 7) is 2.18. The highest BCUT2D eigenvalue weighted by Crippen LogP contribution is 2.43. The SMILES string of the molecule is CC1(c2ccccc2Cl)CCC(O)C1. The number of hydrogen-bond acceptors (Lipinski definition) is 1. The third-order valence-corrected chi connectivity index (χ3v) is 3.57. The molecule has 0 bridgehead atoms. The smallest absolute Gasteiger partial charge is 0.0549 e. The van der Waals surface area contributed by atoms with Gasteiger partial charge in [0, 0.05) is 5.02 Å². The van der Waals surface area contributed by atoms with Crippen LogP contribution in [0.25, 0.3) is 0 Å². The van der Waals surface area contributed by atoms with Crippen LogP contribution in [0.3, 0.4) is 0 Å². The molecule has 1 saturated carbocycles. The second kappa shape index (κ2) is 3.56. The van der Waals surface area contributed by atoms with E-state index in [1.807, 2.05) is 18.2 Å². The van der Waals surface area contributed by atoms with Crippen molar-refractivity contribution in [2.45, 2.75) is 37.7 Å². The molecule has 2 rings (SSSR count). The number of hydrogen-bond donors (Lipinski definition) is 1. The maximum atomic E-state index is 9.57. The zero-order valence-electron chi connectivity index (χ0n) is 8.33. The van der Waals surface area contributed by atoms with Crippen LogP contribution in [0.1, 0.15) is 31.7 Å². The van der Waals surface area contributed by atoms with Crippen molar-refractivity contribution in [3.8, 4) is 0 Å². The molecule has 1 fully saturated rings. The number of aliphatic hydroxyl groups is 1. The molecule has 1 N–H and O–H groups in total. The third kappa shape index (κ3) is 1.67. The Hall–Kier alpha value is -0.530. The van der Waals surface area contributed by atoms with Crippen LogP contribution in [-0.4, -0.2) is 11.2 Å². The number of aliphatic hydroxyl groups excluding tert-OH is 1. The third-order valence-electron chi connectivity index (χ3n) is 3.24. The lowest BCUT2D eigenvalue weighted by molar-refractivity contribution is 0.175. The van der Waals surface area contributed by atoms with Crippen LogP contribution in [0, 0.1) is 0 Å². The van der Waals surface area contributed by atoms with E-state index in [0.29, 0.717) is 0 Å². The Morgan fingerprint density at radius 1 is 1.43 bits per heavy atom. The van der Waals surface area contributed by atoms with Crippen molar-refractivity contribution < 1.29 is 5.11 Å². The lowest BCUT2D eigenvalue weighted by Crippen LogP contribution is -2.19. The maximum absolute atomic E-state index is 9.57. The van der Waals surface area contributed by atoms with E-state index in [0.717, 1.165) is 24.3 Å². The van der Waals surface area contributed by atoms with E-state index in [1.165, 1.54) is 5.56 Å². The van der Waals surface area contributed by atoms with Gasteiger partial charge in [-0.15, -0.1) is 0 Å². The van der Waals surface area contributed by atoms with Gasteiger partial charge in [0.15, 0.2) is 0 Å². The summed E-state index contributed by atoms with van der Waals surface area (Å²) >= 11 is 6.16. The van der Waals surface area contributed by atoms with Gasteiger partial charge in [-0.3, -0.25) is 0 Å². The number of benzene rings is 1. The Morgan fingerprint density at radius 3 is 2.71 bits per heavy atom. The molecule has 76 valence electrons. The molecule has 0 spiro atoms. The Labute approximate surface area is 89.7 Å². The van der Waals surface area contributed by atoms with Crippen molar-refractivity contribution in [1.82, 2.24) is 0 Å². The van der Waals surface area contributed by atoms with Gasteiger partial charge in [0.25, 0.3) is 0 Å². The van der Waals surface area contributed by atoms with Gasteiger partial charge in [-0.25, -0.2) is 0 Å². The highest BCUT2D eigenvalue weighted by atomic mass is 35.5. The van der Waals surface area contributed by atoms with E-state index in [4.69, 9.17) is 11.6 Å². The topological polar surface area (TPSA) is 20.2 Å². The normalized spacial score (nSPS) is 32.1. The Balaban J connectivity index is 2.35. The molecule has 0 radical (unpaired) electrons. The first-order valence-corrected chi connectivity index (χ1v) is 5.43. The van der Waals surface area contributed by atoms with Crippen LogP contribution in [-0.2, 0) is 5.41 Å². The fourth-order valence-electron chi connectivity index (χ4n) is 2.40. The standard InChI is InChI=1S/C12H15ClO/c1-12(7-6-9(14)8-12)10-4-2-3-5-11(10)13/h2-5,9,14H,6-8H2,1H3. The summed E-state index contributed by atoms with van der Waals surface area (Å²) in [5, 5.41) is 10.4. The van der Waals surface area contributed by atoms with Gasteiger partial charge in [0.1, 0.15) is 0 Å². The van der Waals surface area contributed by atoms with Crippen molar-refractivity contribution in [1.29, 1.82) is 0 Å². The summed E-state index contributed by atoms with van der Waals surface area (Å²) < 4.78 is 0. The Kier molecular flexibility index (Phi) is 2.54. The van der Waals surface area contributed by atoms with Crippen molar-refractivity contribution in [3.63, 3.8) is 0 Å².